The Kier molecular flexibility index (Phi) is 3.75. The lowest BCUT2D eigenvalue weighted by Crippen LogP contribution is -2.51. The maximum Gasteiger partial charge on any atom is 0.419 e. The third-order valence-corrected chi connectivity index (χ3v) is 3.14. The van der Waals surface area contributed by atoms with E-state index in [0.29, 0.717) is 19.6 Å². The number of pyridine rings is 1. The first kappa shape index (κ1) is 13.1. The Balaban J connectivity index is 2.27. The van der Waals surface area contributed by atoms with Crippen LogP contribution in [-0.2, 0) is 6.18 Å². The molecule has 0 aromatic carbocycles. The number of nitrogens with zero attached hydrogens (tertiary/aromatic N) is 2. The summed E-state index contributed by atoms with van der Waals surface area (Å²) in [4.78, 5) is 5.63. The quantitative estimate of drug-likeness (QED) is 0.883. The summed E-state index contributed by atoms with van der Waals surface area (Å²) >= 11 is 0. The summed E-state index contributed by atoms with van der Waals surface area (Å²) in [5.74, 6) is 0.0463. The van der Waals surface area contributed by atoms with Crippen LogP contribution in [0.25, 0.3) is 0 Å². The average molecular weight is 259 g/mol. The summed E-state index contributed by atoms with van der Waals surface area (Å²) < 4.78 is 38.7. The molecule has 1 aromatic rings. The van der Waals surface area contributed by atoms with E-state index in [1.54, 1.807) is 4.90 Å². The van der Waals surface area contributed by atoms with Crippen molar-refractivity contribution >= 4 is 5.82 Å². The summed E-state index contributed by atoms with van der Waals surface area (Å²) in [7, 11) is 0. The van der Waals surface area contributed by atoms with Gasteiger partial charge in [-0.3, -0.25) is 0 Å². The molecule has 1 N–H and O–H groups in total. The van der Waals surface area contributed by atoms with Gasteiger partial charge in [0.1, 0.15) is 5.82 Å². The van der Waals surface area contributed by atoms with Gasteiger partial charge in [0.15, 0.2) is 0 Å². The summed E-state index contributed by atoms with van der Waals surface area (Å²) in [6.07, 6.45) is -2.05. The number of piperazine rings is 1. The first-order valence-corrected chi connectivity index (χ1v) is 6.03. The van der Waals surface area contributed by atoms with Crippen molar-refractivity contribution in [1.29, 1.82) is 0 Å². The Morgan fingerprint density at radius 2 is 2.28 bits per heavy atom. The maximum atomic E-state index is 12.9. The van der Waals surface area contributed by atoms with Crippen LogP contribution in [0.4, 0.5) is 19.0 Å². The van der Waals surface area contributed by atoms with Gasteiger partial charge in [0.2, 0.25) is 0 Å². The molecule has 0 bridgehead atoms. The molecule has 1 fully saturated rings. The molecule has 2 heterocycles. The van der Waals surface area contributed by atoms with E-state index >= 15 is 0 Å². The van der Waals surface area contributed by atoms with E-state index in [9.17, 15) is 13.2 Å². The van der Waals surface area contributed by atoms with Crippen molar-refractivity contribution in [3.05, 3.63) is 23.9 Å². The van der Waals surface area contributed by atoms with Crippen molar-refractivity contribution in [1.82, 2.24) is 10.3 Å². The zero-order chi connectivity index (χ0) is 13.2. The van der Waals surface area contributed by atoms with Gasteiger partial charge in [-0.1, -0.05) is 6.92 Å². The highest BCUT2D eigenvalue weighted by Gasteiger charge is 2.36. The van der Waals surface area contributed by atoms with Gasteiger partial charge in [-0.25, -0.2) is 4.98 Å². The highest BCUT2D eigenvalue weighted by atomic mass is 19.4. The minimum Gasteiger partial charge on any atom is -0.353 e. The average Bonchev–Trinajstić information content (AvgIpc) is 2.38. The van der Waals surface area contributed by atoms with Gasteiger partial charge in [0.05, 0.1) is 5.56 Å². The Hall–Kier alpha value is -1.30. The molecule has 1 saturated heterocycles. The van der Waals surface area contributed by atoms with Gasteiger partial charge in [0, 0.05) is 31.9 Å². The molecule has 0 amide bonds. The Morgan fingerprint density at radius 3 is 2.94 bits per heavy atom. The van der Waals surface area contributed by atoms with Crippen LogP contribution in [0.1, 0.15) is 18.9 Å². The molecule has 1 atom stereocenters. The minimum atomic E-state index is -4.35. The number of hydrogen-bond acceptors (Lipinski definition) is 3. The summed E-state index contributed by atoms with van der Waals surface area (Å²) in [5, 5.41) is 3.28. The fraction of sp³-hybridized carbons (Fsp3) is 0.583. The first-order valence-electron chi connectivity index (χ1n) is 6.03. The standard InChI is InChI=1S/C12H16F3N3/c1-2-9-8-18(7-6-16-9)11-10(12(13,14)15)4-3-5-17-11/h3-5,9,16H,2,6-8H2,1H3/t9-/m1/s1. The van der Waals surface area contributed by atoms with Gasteiger partial charge in [-0.15, -0.1) is 0 Å². The van der Waals surface area contributed by atoms with E-state index in [4.69, 9.17) is 0 Å². The number of anilines is 1. The van der Waals surface area contributed by atoms with Gasteiger partial charge in [0.25, 0.3) is 0 Å². The second-order valence-corrected chi connectivity index (χ2v) is 4.38. The molecule has 0 unspecified atom stereocenters. The van der Waals surface area contributed by atoms with Crippen LogP contribution in [0.2, 0.25) is 0 Å². The molecule has 1 aromatic heterocycles. The Morgan fingerprint density at radius 1 is 1.50 bits per heavy atom. The third kappa shape index (κ3) is 2.75. The number of alkyl halides is 3. The normalized spacial score (nSPS) is 21.1. The van der Waals surface area contributed by atoms with Crippen LogP contribution in [0.3, 0.4) is 0 Å². The predicted octanol–water partition coefficient (Wildman–Crippen LogP) is 2.29. The summed E-state index contributed by atoms with van der Waals surface area (Å²) in [5.41, 5.74) is -0.651. The first-order chi connectivity index (χ1) is 8.52. The lowest BCUT2D eigenvalue weighted by molar-refractivity contribution is -0.137. The number of rotatable bonds is 2. The van der Waals surface area contributed by atoms with E-state index in [2.05, 4.69) is 10.3 Å². The molecule has 100 valence electrons. The molecule has 1 aliphatic rings. The molecule has 0 spiro atoms. The molecule has 0 saturated carbocycles. The number of nitrogens with one attached hydrogen (secondary N) is 1. The smallest absolute Gasteiger partial charge is 0.353 e. The van der Waals surface area contributed by atoms with E-state index in [1.165, 1.54) is 12.3 Å². The lowest BCUT2D eigenvalue weighted by Gasteiger charge is -2.35. The van der Waals surface area contributed by atoms with Gasteiger partial charge >= 0.3 is 6.18 Å². The maximum absolute atomic E-state index is 12.9. The molecule has 0 radical (unpaired) electrons. The van der Waals surface area contributed by atoms with Gasteiger partial charge in [-0.05, 0) is 18.6 Å². The Labute approximate surface area is 104 Å². The zero-order valence-electron chi connectivity index (χ0n) is 10.2. The number of halogens is 3. The lowest BCUT2D eigenvalue weighted by atomic mass is 10.1. The molecular formula is C12H16F3N3. The molecule has 0 aliphatic carbocycles. The van der Waals surface area contributed by atoms with E-state index < -0.39 is 11.7 Å². The number of aromatic nitrogens is 1. The Bertz CT molecular complexity index is 406. The number of hydrogen-bond donors (Lipinski definition) is 1. The fourth-order valence-corrected chi connectivity index (χ4v) is 2.16. The SMILES string of the molecule is CC[C@@H]1CN(c2ncccc2C(F)(F)F)CCN1. The summed E-state index contributed by atoms with van der Waals surface area (Å²) in [6, 6.07) is 2.64. The van der Waals surface area contributed by atoms with Crippen molar-refractivity contribution in [2.24, 2.45) is 0 Å². The third-order valence-electron chi connectivity index (χ3n) is 3.14. The fourth-order valence-electron chi connectivity index (χ4n) is 2.16. The molecule has 2 rings (SSSR count). The zero-order valence-corrected chi connectivity index (χ0v) is 10.2. The second kappa shape index (κ2) is 5.14. The van der Waals surface area contributed by atoms with Gasteiger partial charge in [-0.2, -0.15) is 13.2 Å². The van der Waals surface area contributed by atoms with Crippen molar-refractivity contribution in [2.45, 2.75) is 25.6 Å². The summed E-state index contributed by atoms with van der Waals surface area (Å²) in [6.45, 7) is 3.82. The second-order valence-electron chi connectivity index (χ2n) is 4.38. The van der Waals surface area contributed by atoms with Crippen LogP contribution in [0.15, 0.2) is 18.3 Å². The van der Waals surface area contributed by atoms with Crippen molar-refractivity contribution in [2.75, 3.05) is 24.5 Å². The topological polar surface area (TPSA) is 28.2 Å². The van der Waals surface area contributed by atoms with Gasteiger partial charge < -0.3 is 10.2 Å². The minimum absolute atomic E-state index is 0.0463. The molecular weight excluding hydrogens is 243 g/mol. The highest BCUT2D eigenvalue weighted by Crippen LogP contribution is 2.35. The van der Waals surface area contributed by atoms with Crippen LogP contribution >= 0.6 is 0 Å². The van der Waals surface area contributed by atoms with Crippen LogP contribution in [0, 0.1) is 0 Å². The van der Waals surface area contributed by atoms with E-state index in [-0.39, 0.29) is 11.9 Å². The predicted molar refractivity (Wildman–Crippen MR) is 63.5 cm³/mol. The van der Waals surface area contributed by atoms with Crippen molar-refractivity contribution < 1.29 is 13.2 Å². The molecule has 6 heteroatoms. The van der Waals surface area contributed by atoms with Crippen LogP contribution < -0.4 is 10.2 Å². The molecule has 3 nitrogen and oxygen atoms in total. The molecule has 1 aliphatic heterocycles. The van der Waals surface area contributed by atoms with Crippen LogP contribution in [0.5, 0.6) is 0 Å². The monoisotopic (exact) mass is 259 g/mol. The molecule has 18 heavy (non-hydrogen) atoms. The van der Waals surface area contributed by atoms with E-state index in [1.807, 2.05) is 6.92 Å². The van der Waals surface area contributed by atoms with Crippen molar-refractivity contribution in [3.63, 3.8) is 0 Å². The van der Waals surface area contributed by atoms with Crippen molar-refractivity contribution in [3.8, 4) is 0 Å². The largest absolute Gasteiger partial charge is 0.419 e. The van der Waals surface area contributed by atoms with E-state index in [0.717, 1.165) is 12.5 Å². The highest BCUT2D eigenvalue weighted by molar-refractivity contribution is 5.49. The van der Waals surface area contributed by atoms with Crippen LogP contribution in [-0.4, -0.2) is 30.7 Å².